The second-order valence-corrected chi connectivity index (χ2v) is 15.7. The molecule has 12 atom stereocenters. The maximum atomic E-state index is 11.9. The minimum Gasteiger partial charge on any atom is -0.465 e. The number of carbonyl (C=O) groups is 2. The standard InChI is InChI=1S/2C13H20O4.C11H18/c2*1-2-15-4-3-5-16-13(14)10-7-8-6-9(10)12-11(8)17-12;1-2-6-11(5-1)8-9-3-4-10(11)7-9/h2*8-12H,2-7H2,1H3;9-10H,1-8H2. The lowest BCUT2D eigenvalue weighted by Gasteiger charge is -2.33. The summed E-state index contributed by atoms with van der Waals surface area (Å²) >= 11 is 0. The van der Waals surface area contributed by atoms with Crippen molar-refractivity contribution in [3.05, 3.63) is 0 Å². The summed E-state index contributed by atoms with van der Waals surface area (Å²) in [6, 6.07) is 0. The van der Waals surface area contributed by atoms with Crippen LogP contribution in [-0.2, 0) is 38.0 Å². The number of carbonyl (C=O) groups excluding carboxylic acids is 2. The molecule has 2 heterocycles. The fraction of sp³-hybridized carbons (Fsp3) is 0.946. The van der Waals surface area contributed by atoms with Gasteiger partial charge < -0.3 is 28.4 Å². The Labute approximate surface area is 270 Å². The fourth-order valence-corrected chi connectivity index (χ4v) is 11.2. The number of esters is 2. The van der Waals surface area contributed by atoms with Crippen molar-refractivity contribution in [3.63, 3.8) is 0 Å². The lowest BCUT2D eigenvalue weighted by atomic mass is 9.72. The molecule has 8 heteroatoms. The van der Waals surface area contributed by atoms with Gasteiger partial charge in [0.25, 0.3) is 0 Å². The molecule has 2 aliphatic heterocycles. The van der Waals surface area contributed by atoms with Gasteiger partial charge in [-0.1, -0.05) is 19.3 Å². The number of rotatable bonds is 12. The SMILES string of the molecule is C1CCC2(C1)CC1CCC2C1.CCOCCCOC(=O)C1CC2CC1C1OC21.CCOCCCOC(=O)C1CC2CC1C1OC21. The Morgan fingerprint density at radius 1 is 0.667 bits per heavy atom. The molecular weight excluding hydrogens is 572 g/mol. The number of fused-ring (bicyclic) bond motifs is 13. The Morgan fingerprint density at radius 2 is 1.20 bits per heavy atom. The maximum Gasteiger partial charge on any atom is 0.309 e. The molecule has 9 aliphatic rings. The van der Waals surface area contributed by atoms with Crippen LogP contribution in [0.4, 0.5) is 0 Å². The molecule has 0 N–H and O–H groups in total. The third-order valence-electron chi connectivity index (χ3n) is 13.3. The fourth-order valence-electron chi connectivity index (χ4n) is 11.2. The van der Waals surface area contributed by atoms with Crippen molar-refractivity contribution < 1.29 is 38.0 Å². The molecule has 0 aromatic heterocycles. The van der Waals surface area contributed by atoms with E-state index in [1.807, 2.05) is 13.8 Å². The van der Waals surface area contributed by atoms with E-state index in [9.17, 15) is 9.59 Å². The van der Waals surface area contributed by atoms with Gasteiger partial charge in [0.15, 0.2) is 0 Å². The van der Waals surface area contributed by atoms with E-state index in [0.29, 0.717) is 74.5 Å². The van der Waals surface area contributed by atoms with Crippen LogP contribution in [0.25, 0.3) is 0 Å². The van der Waals surface area contributed by atoms with E-state index < -0.39 is 0 Å². The van der Waals surface area contributed by atoms with Crippen molar-refractivity contribution in [2.24, 2.45) is 52.8 Å². The van der Waals surface area contributed by atoms with Gasteiger partial charge in [0.05, 0.1) is 49.5 Å². The molecule has 0 amide bonds. The topological polar surface area (TPSA) is 96.1 Å². The molecule has 8 nitrogen and oxygen atoms in total. The molecule has 2 saturated heterocycles. The number of epoxide rings is 2. The maximum absolute atomic E-state index is 11.9. The summed E-state index contributed by atoms with van der Waals surface area (Å²) in [4.78, 5) is 23.8. The van der Waals surface area contributed by atoms with Gasteiger partial charge >= 0.3 is 11.9 Å². The number of hydrogen-bond acceptors (Lipinski definition) is 8. The van der Waals surface area contributed by atoms with Gasteiger partial charge in [0, 0.05) is 51.1 Å². The predicted octanol–water partition coefficient (Wildman–Crippen LogP) is 6.13. The zero-order chi connectivity index (χ0) is 31.0. The second kappa shape index (κ2) is 14.1. The quantitative estimate of drug-likeness (QED) is 0.145. The lowest BCUT2D eigenvalue weighted by Crippen LogP contribution is -2.27. The van der Waals surface area contributed by atoms with Crippen molar-refractivity contribution >= 4 is 11.9 Å². The molecular formula is C37H58O8. The Kier molecular flexibility index (Phi) is 10.1. The average Bonchev–Trinajstić information content (AvgIpc) is 3.48. The van der Waals surface area contributed by atoms with E-state index in [2.05, 4.69) is 0 Å². The Balaban J connectivity index is 0.000000111. The Morgan fingerprint density at radius 3 is 1.60 bits per heavy atom. The van der Waals surface area contributed by atoms with Gasteiger partial charge in [0.1, 0.15) is 0 Å². The molecule has 1 spiro atoms. The van der Waals surface area contributed by atoms with Gasteiger partial charge in [-0.2, -0.15) is 0 Å². The van der Waals surface area contributed by atoms with Crippen molar-refractivity contribution in [1.29, 1.82) is 0 Å². The monoisotopic (exact) mass is 630 g/mol. The zero-order valence-corrected chi connectivity index (χ0v) is 27.8. The molecule has 9 rings (SSSR count). The van der Waals surface area contributed by atoms with Crippen LogP contribution in [0.15, 0.2) is 0 Å². The lowest BCUT2D eigenvalue weighted by molar-refractivity contribution is -0.151. The summed E-state index contributed by atoms with van der Waals surface area (Å²) in [6.07, 6.45) is 20.3. The average molecular weight is 631 g/mol. The van der Waals surface area contributed by atoms with E-state index in [1.165, 1.54) is 18.8 Å². The molecule has 6 bridgehead atoms. The largest absolute Gasteiger partial charge is 0.465 e. The molecule has 7 aliphatic carbocycles. The summed E-state index contributed by atoms with van der Waals surface area (Å²) < 4.78 is 32.1. The van der Waals surface area contributed by atoms with Crippen LogP contribution in [-0.4, -0.2) is 76.0 Å². The van der Waals surface area contributed by atoms with E-state index >= 15 is 0 Å². The third-order valence-corrected chi connectivity index (χ3v) is 13.3. The van der Waals surface area contributed by atoms with E-state index in [0.717, 1.165) is 50.2 Å². The van der Waals surface area contributed by atoms with Crippen LogP contribution in [0.5, 0.6) is 0 Å². The van der Waals surface area contributed by atoms with Gasteiger partial charge in [-0.05, 0) is 101 Å². The van der Waals surface area contributed by atoms with E-state index in [1.54, 1.807) is 51.4 Å². The first-order valence-corrected chi connectivity index (χ1v) is 18.8. The van der Waals surface area contributed by atoms with Crippen LogP contribution in [0.1, 0.15) is 104 Å². The highest BCUT2D eigenvalue weighted by Crippen LogP contribution is 2.63. The highest BCUT2D eigenvalue weighted by molar-refractivity contribution is 5.74. The smallest absolute Gasteiger partial charge is 0.309 e. The van der Waals surface area contributed by atoms with Gasteiger partial charge in [-0.25, -0.2) is 0 Å². The predicted molar refractivity (Wildman–Crippen MR) is 167 cm³/mol. The van der Waals surface area contributed by atoms with E-state index in [4.69, 9.17) is 28.4 Å². The summed E-state index contributed by atoms with van der Waals surface area (Å²) in [5.74, 6) is 4.69. The summed E-state index contributed by atoms with van der Waals surface area (Å²) in [6.45, 7) is 7.70. The van der Waals surface area contributed by atoms with Crippen molar-refractivity contribution in [1.82, 2.24) is 0 Å². The highest BCUT2D eigenvalue weighted by Gasteiger charge is 2.65. The summed E-state index contributed by atoms with van der Waals surface area (Å²) in [5, 5.41) is 0. The van der Waals surface area contributed by atoms with Crippen LogP contribution in [0.2, 0.25) is 0 Å². The summed E-state index contributed by atoms with van der Waals surface area (Å²) in [7, 11) is 0. The Bertz CT molecular complexity index is 966. The van der Waals surface area contributed by atoms with Gasteiger partial charge in [-0.3, -0.25) is 9.59 Å². The molecule has 0 radical (unpaired) electrons. The van der Waals surface area contributed by atoms with Crippen LogP contribution < -0.4 is 0 Å². The highest BCUT2D eigenvalue weighted by atomic mass is 16.6. The molecule has 7 saturated carbocycles. The van der Waals surface area contributed by atoms with E-state index in [-0.39, 0.29) is 23.8 Å². The third kappa shape index (κ3) is 6.87. The molecule has 254 valence electrons. The molecule has 12 unspecified atom stereocenters. The number of hydrogen-bond donors (Lipinski definition) is 0. The second-order valence-electron chi connectivity index (χ2n) is 15.7. The molecule has 45 heavy (non-hydrogen) atoms. The Hall–Kier alpha value is -1.22. The minimum atomic E-state index is -0.0112. The first-order valence-electron chi connectivity index (χ1n) is 18.8. The first kappa shape index (κ1) is 32.3. The number of ether oxygens (including phenoxy) is 6. The van der Waals surface area contributed by atoms with Gasteiger partial charge in [0.2, 0.25) is 0 Å². The first-order chi connectivity index (χ1) is 22.0. The van der Waals surface area contributed by atoms with Crippen molar-refractivity contribution in [2.45, 2.75) is 128 Å². The molecule has 0 aromatic carbocycles. The van der Waals surface area contributed by atoms with Crippen molar-refractivity contribution in [3.8, 4) is 0 Å². The van der Waals surface area contributed by atoms with Crippen LogP contribution >= 0.6 is 0 Å². The van der Waals surface area contributed by atoms with Gasteiger partial charge in [-0.15, -0.1) is 0 Å². The normalized spacial score (nSPS) is 42.4. The summed E-state index contributed by atoms with van der Waals surface area (Å²) in [5.41, 5.74) is 0.906. The molecule has 0 aromatic rings. The molecule has 9 fully saturated rings. The zero-order valence-electron chi connectivity index (χ0n) is 27.8. The minimum absolute atomic E-state index is 0.0112. The van der Waals surface area contributed by atoms with Crippen molar-refractivity contribution in [2.75, 3.05) is 39.6 Å². The van der Waals surface area contributed by atoms with Crippen LogP contribution in [0.3, 0.4) is 0 Å². The van der Waals surface area contributed by atoms with Crippen LogP contribution in [0, 0.1) is 52.8 Å².